The zero-order chi connectivity index (χ0) is 15.0. The number of aryl methyl sites for hydroxylation is 1. The minimum absolute atomic E-state index is 0.148. The van der Waals surface area contributed by atoms with E-state index in [0.717, 1.165) is 11.1 Å². The molecule has 2 rings (SSSR count). The fourth-order valence-electron chi connectivity index (χ4n) is 2.22. The highest BCUT2D eigenvalue weighted by Gasteiger charge is 2.29. The second-order valence-corrected chi connectivity index (χ2v) is 8.19. The number of hydrogen-bond acceptors (Lipinski definition) is 3. The molecule has 0 spiro atoms. The van der Waals surface area contributed by atoms with Gasteiger partial charge in [0.15, 0.2) is 9.84 Å². The van der Waals surface area contributed by atoms with Gasteiger partial charge < -0.3 is 4.74 Å². The molecule has 0 bridgehead atoms. The van der Waals surface area contributed by atoms with Crippen LogP contribution < -0.4 is 0 Å². The van der Waals surface area contributed by atoms with Gasteiger partial charge in [-0.1, -0.05) is 23.3 Å². The Morgan fingerprint density at radius 2 is 1.70 bits per heavy atom. The van der Waals surface area contributed by atoms with Crippen molar-refractivity contribution in [3.05, 3.63) is 40.8 Å². The normalized spacial score (nSPS) is 19.6. The molecule has 0 saturated heterocycles. The van der Waals surface area contributed by atoms with Crippen LogP contribution in [0, 0.1) is 6.92 Å². The van der Waals surface area contributed by atoms with Crippen LogP contribution in [0.4, 0.5) is 0 Å². The molecule has 0 atom stereocenters. The second kappa shape index (κ2) is 5.34. The number of ether oxygens (including phenoxy) is 1. The van der Waals surface area contributed by atoms with E-state index in [1.807, 2.05) is 39.8 Å². The lowest BCUT2D eigenvalue weighted by molar-refractivity contribution is -0.0751. The molecule has 20 heavy (non-hydrogen) atoms. The minimum Gasteiger partial charge on any atom is -0.372 e. The Morgan fingerprint density at radius 3 is 2.20 bits per heavy atom. The Kier molecular flexibility index (Phi) is 4.07. The van der Waals surface area contributed by atoms with Crippen molar-refractivity contribution in [1.29, 1.82) is 0 Å². The molecule has 0 heterocycles. The summed E-state index contributed by atoms with van der Waals surface area (Å²) in [7, 11) is -3.32. The Morgan fingerprint density at radius 1 is 1.15 bits per heavy atom. The van der Waals surface area contributed by atoms with Gasteiger partial charge in [-0.15, -0.1) is 0 Å². The second-order valence-electron chi connectivity index (χ2n) is 6.39. The van der Waals surface area contributed by atoms with Crippen LogP contribution in [0.15, 0.2) is 40.1 Å². The van der Waals surface area contributed by atoms with Crippen molar-refractivity contribution in [2.75, 3.05) is 0 Å². The topological polar surface area (TPSA) is 43.4 Å². The van der Waals surface area contributed by atoms with E-state index in [0.29, 0.717) is 17.7 Å². The van der Waals surface area contributed by atoms with Crippen LogP contribution in [-0.4, -0.2) is 20.1 Å². The predicted molar refractivity (Wildman–Crippen MR) is 80.3 cm³/mol. The van der Waals surface area contributed by atoms with E-state index >= 15 is 0 Å². The first-order chi connectivity index (χ1) is 9.16. The van der Waals surface area contributed by atoms with Crippen LogP contribution in [0.1, 0.15) is 39.2 Å². The molecule has 1 aliphatic carbocycles. The molecule has 4 heteroatoms. The maximum atomic E-state index is 12.2. The largest absolute Gasteiger partial charge is 0.372 e. The van der Waals surface area contributed by atoms with Gasteiger partial charge in [-0.05, 0) is 52.7 Å². The number of rotatable bonds is 3. The first-order valence-electron chi connectivity index (χ1n) is 6.85. The summed E-state index contributed by atoms with van der Waals surface area (Å²) >= 11 is 0. The molecule has 1 saturated carbocycles. The van der Waals surface area contributed by atoms with Crippen molar-refractivity contribution in [3.63, 3.8) is 0 Å². The Balaban J connectivity index is 2.04. The van der Waals surface area contributed by atoms with Crippen LogP contribution in [0.2, 0.25) is 0 Å². The van der Waals surface area contributed by atoms with Crippen molar-refractivity contribution in [3.8, 4) is 0 Å². The SMILES string of the molecule is Cc1ccc(S(=O)(=O)C=C2CC(OC(C)(C)C)C2)cc1. The van der Waals surface area contributed by atoms with E-state index < -0.39 is 9.84 Å². The van der Waals surface area contributed by atoms with E-state index in [4.69, 9.17) is 4.74 Å². The quantitative estimate of drug-likeness (QED) is 0.855. The van der Waals surface area contributed by atoms with E-state index in [1.165, 1.54) is 5.41 Å². The molecule has 0 radical (unpaired) electrons. The Labute approximate surface area is 121 Å². The molecule has 0 aliphatic heterocycles. The third-order valence-electron chi connectivity index (χ3n) is 3.17. The van der Waals surface area contributed by atoms with Gasteiger partial charge in [0.1, 0.15) is 0 Å². The Hall–Kier alpha value is -1.13. The summed E-state index contributed by atoms with van der Waals surface area (Å²) in [5.74, 6) is 0. The third-order valence-corrected chi connectivity index (χ3v) is 4.74. The van der Waals surface area contributed by atoms with Gasteiger partial charge in [-0.2, -0.15) is 0 Å². The predicted octanol–water partition coefficient (Wildman–Crippen LogP) is 3.63. The fraction of sp³-hybridized carbons (Fsp3) is 0.500. The van der Waals surface area contributed by atoms with Gasteiger partial charge in [0.2, 0.25) is 0 Å². The highest BCUT2D eigenvalue weighted by Crippen LogP contribution is 2.33. The first-order valence-corrected chi connectivity index (χ1v) is 8.39. The van der Waals surface area contributed by atoms with Crippen LogP contribution >= 0.6 is 0 Å². The molecule has 1 fully saturated rings. The fourth-order valence-corrected chi connectivity index (χ4v) is 3.50. The molecule has 1 aromatic carbocycles. The molecule has 1 aliphatic rings. The monoisotopic (exact) mass is 294 g/mol. The van der Waals surface area contributed by atoms with E-state index in [9.17, 15) is 8.42 Å². The molecule has 0 aromatic heterocycles. The number of benzene rings is 1. The van der Waals surface area contributed by atoms with Crippen molar-refractivity contribution in [1.82, 2.24) is 0 Å². The summed E-state index contributed by atoms with van der Waals surface area (Å²) in [6.07, 6.45) is 1.57. The van der Waals surface area contributed by atoms with Crippen LogP contribution in [0.3, 0.4) is 0 Å². The minimum atomic E-state index is -3.32. The maximum absolute atomic E-state index is 12.2. The zero-order valence-electron chi connectivity index (χ0n) is 12.5. The standard InChI is InChI=1S/C16H22O3S/c1-12-5-7-15(8-6-12)20(17,18)11-13-9-14(10-13)19-16(2,3)4/h5-8,11,14H,9-10H2,1-4H3. The van der Waals surface area contributed by atoms with Crippen molar-refractivity contribution in [2.45, 2.75) is 57.1 Å². The van der Waals surface area contributed by atoms with Crippen molar-refractivity contribution in [2.24, 2.45) is 0 Å². The van der Waals surface area contributed by atoms with E-state index in [-0.39, 0.29) is 11.7 Å². The van der Waals surface area contributed by atoms with Gasteiger partial charge in [-0.3, -0.25) is 0 Å². The summed E-state index contributed by atoms with van der Waals surface area (Å²) < 4.78 is 30.2. The summed E-state index contributed by atoms with van der Waals surface area (Å²) in [6, 6.07) is 6.95. The van der Waals surface area contributed by atoms with Gasteiger partial charge in [0.05, 0.1) is 16.6 Å². The molecule has 0 unspecified atom stereocenters. The van der Waals surface area contributed by atoms with Crippen molar-refractivity contribution < 1.29 is 13.2 Å². The number of hydrogen-bond donors (Lipinski definition) is 0. The zero-order valence-corrected chi connectivity index (χ0v) is 13.3. The van der Waals surface area contributed by atoms with Gasteiger partial charge in [0.25, 0.3) is 0 Å². The lowest BCUT2D eigenvalue weighted by Gasteiger charge is -2.35. The molecular formula is C16H22O3S. The first kappa shape index (κ1) is 15.3. The molecule has 0 N–H and O–H groups in total. The average molecular weight is 294 g/mol. The highest BCUT2D eigenvalue weighted by molar-refractivity contribution is 7.94. The lowest BCUT2D eigenvalue weighted by atomic mass is 9.90. The van der Waals surface area contributed by atoms with Crippen molar-refractivity contribution >= 4 is 9.84 Å². The van der Waals surface area contributed by atoms with Gasteiger partial charge in [-0.25, -0.2) is 8.42 Å². The molecule has 1 aromatic rings. The smallest absolute Gasteiger partial charge is 0.199 e. The van der Waals surface area contributed by atoms with Crippen LogP contribution in [0.25, 0.3) is 0 Å². The lowest BCUT2D eigenvalue weighted by Crippen LogP contribution is -2.33. The summed E-state index contributed by atoms with van der Waals surface area (Å²) in [5.41, 5.74) is 1.82. The maximum Gasteiger partial charge on any atom is 0.199 e. The number of sulfone groups is 1. The van der Waals surface area contributed by atoms with Gasteiger partial charge >= 0.3 is 0 Å². The summed E-state index contributed by atoms with van der Waals surface area (Å²) in [5, 5.41) is 1.40. The van der Waals surface area contributed by atoms with Crippen LogP contribution in [-0.2, 0) is 14.6 Å². The van der Waals surface area contributed by atoms with Crippen LogP contribution in [0.5, 0.6) is 0 Å². The summed E-state index contributed by atoms with van der Waals surface area (Å²) in [6.45, 7) is 7.97. The Bertz CT molecular complexity index is 596. The van der Waals surface area contributed by atoms with Gasteiger partial charge in [0, 0.05) is 5.41 Å². The highest BCUT2D eigenvalue weighted by atomic mass is 32.2. The van der Waals surface area contributed by atoms with E-state index in [1.54, 1.807) is 12.1 Å². The molecular weight excluding hydrogens is 272 g/mol. The molecule has 110 valence electrons. The summed E-state index contributed by atoms with van der Waals surface area (Å²) in [4.78, 5) is 0.357. The molecule has 3 nitrogen and oxygen atoms in total. The third kappa shape index (κ3) is 3.93. The van der Waals surface area contributed by atoms with E-state index in [2.05, 4.69) is 0 Å². The molecule has 0 amide bonds. The average Bonchev–Trinajstić information content (AvgIpc) is 2.24.